The van der Waals surface area contributed by atoms with Crippen LogP contribution in [-0.2, 0) is 4.74 Å². The molecule has 0 saturated carbocycles. The van der Waals surface area contributed by atoms with E-state index in [0.717, 1.165) is 0 Å². The zero-order valence-corrected chi connectivity index (χ0v) is 12.0. The molecular formula is C13H12Cl2N2O2. The molecule has 0 unspecified atom stereocenters. The van der Waals surface area contributed by atoms with Gasteiger partial charge in [0, 0.05) is 5.69 Å². The number of hydrogen-bond acceptors (Lipinski definition) is 3. The lowest BCUT2D eigenvalue weighted by Crippen LogP contribution is -2.06. The van der Waals surface area contributed by atoms with Crippen LogP contribution < -0.4 is 0 Å². The van der Waals surface area contributed by atoms with Gasteiger partial charge in [-0.1, -0.05) is 29.3 Å². The van der Waals surface area contributed by atoms with Gasteiger partial charge in [0.25, 0.3) is 0 Å². The summed E-state index contributed by atoms with van der Waals surface area (Å²) in [6.07, 6.45) is 0. The predicted octanol–water partition coefficient (Wildman–Crippen LogP) is 3.87. The molecule has 1 heterocycles. The van der Waals surface area contributed by atoms with Gasteiger partial charge in [0.15, 0.2) is 5.69 Å². The zero-order valence-electron chi connectivity index (χ0n) is 10.5. The molecule has 0 spiro atoms. The van der Waals surface area contributed by atoms with E-state index < -0.39 is 5.97 Å². The maximum atomic E-state index is 11.7. The number of hydrogen-bond donors (Lipinski definition) is 1. The van der Waals surface area contributed by atoms with Gasteiger partial charge >= 0.3 is 5.97 Å². The molecule has 19 heavy (non-hydrogen) atoms. The molecule has 0 aliphatic carbocycles. The molecule has 4 nitrogen and oxygen atoms in total. The number of nitrogens with zero attached hydrogens (tertiary/aromatic N) is 1. The number of ether oxygens (including phenoxy) is 1. The lowest BCUT2D eigenvalue weighted by Gasteiger charge is -2.02. The first-order valence-electron chi connectivity index (χ1n) is 5.72. The maximum absolute atomic E-state index is 11.7. The maximum Gasteiger partial charge on any atom is 0.358 e. The number of carbonyl (C=O) groups excluding carboxylic acids is 1. The first-order chi connectivity index (χ1) is 9.04. The Morgan fingerprint density at radius 2 is 2.00 bits per heavy atom. The number of aromatic amines is 1. The molecule has 1 aromatic heterocycles. The van der Waals surface area contributed by atoms with Crippen molar-refractivity contribution in [3.63, 3.8) is 0 Å². The van der Waals surface area contributed by atoms with Crippen LogP contribution in [0.25, 0.3) is 11.4 Å². The van der Waals surface area contributed by atoms with Gasteiger partial charge in [0.05, 0.1) is 22.2 Å². The minimum Gasteiger partial charge on any atom is -0.461 e. The van der Waals surface area contributed by atoms with Crippen molar-refractivity contribution in [2.45, 2.75) is 13.8 Å². The Balaban J connectivity index is 2.48. The molecule has 6 heteroatoms. The van der Waals surface area contributed by atoms with Gasteiger partial charge in [-0.25, -0.2) is 9.78 Å². The molecule has 0 saturated heterocycles. The number of rotatable bonds is 3. The number of carbonyl (C=O) groups is 1. The molecule has 0 atom stereocenters. The van der Waals surface area contributed by atoms with Gasteiger partial charge in [0.2, 0.25) is 0 Å². The Labute approximate surface area is 120 Å². The van der Waals surface area contributed by atoms with E-state index in [-0.39, 0.29) is 5.69 Å². The summed E-state index contributed by atoms with van der Waals surface area (Å²) < 4.78 is 4.93. The highest BCUT2D eigenvalue weighted by molar-refractivity contribution is 6.39. The Bertz CT molecular complexity index is 603. The Kier molecular flexibility index (Phi) is 4.12. The fourth-order valence-corrected chi connectivity index (χ4v) is 2.28. The van der Waals surface area contributed by atoms with E-state index in [9.17, 15) is 4.79 Å². The van der Waals surface area contributed by atoms with Crippen molar-refractivity contribution in [2.24, 2.45) is 0 Å². The number of aryl methyl sites for hydroxylation is 1. The summed E-state index contributed by atoms with van der Waals surface area (Å²) in [5, 5.41) is 0.938. The van der Waals surface area contributed by atoms with Crippen LogP contribution in [0.5, 0.6) is 0 Å². The monoisotopic (exact) mass is 298 g/mol. The summed E-state index contributed by atoms with van der Waals surface area (Å²) in [6.45, 7) is 3.78. The van der Waals surface area contributed by atoms with E-state index in [0.29, 0.717) is 33.7 Å². The van der Waals surface area contributed by atoms with E-state index in [1.807, 2.05) is 0 Å². The van der Waals surface area contributed by atoms with Gasteiger partial charge in [-0.15, -0.1) is 0 Å². The lowest BCUT2D eigenvalue weighted by atomic mass is 10.2. The van der Waals surface area contributed by atoms with Crippen molar-refractivity contribution in [1.29, 1.82) is 0 Å². The van der Waals surface area contributed by atoms with Crippen molar-refractivity contribution < 1.29 is 9.53 Å². The molecule has 0 radical (unpaired) electrons. The summed E-state index contributed by atoms with van der Waals surface area (Å²) in [7, 11) is 0. The van der Waals surface area contributed by atoms with E-state index in [1.165, 1.54) is 0 Å². The molecule has 2 aromatic rings. The largest absolute Gasteiger partial charge is 0.461 e. The molecular weight excluding hydrogens is 287 g/mol. The normalized spacial score (nSPS) is 10.5. The quantitative estimate of drug-likeness (QED) is 0.875. The zero-order chi connectivity index (χ0) is 14.0. The second-order valence-corrected chi connectivity index (χ2v) is 4.69. The first kappa shape index (κ1) is 13.9. The minimum atomic E-state index is -0.467. The highest BCUT2D eigenvalue weighted by atomic mass is 35.5. The van der Waals surface area contributed by atoms with E-state index in [1.54, 1.807) is 32.0 Å². The Morgan fingerprint density at radius 3 is 2.58 bits per heavy atom. The van der Waals surface area contributed by atoms with Gasteiger partial charge in [0.1, 0.15) is 5.82 Å². The second kappa shape index (κ2) is 5.63. The summed E-state index contributed by atoms with van der Waals surface area (Å²) >= 11 is 12.2. The van der Waals surface area contributed by atoms with Crippen LogP contribution in [-0.4, -0.2) is 22.5 Å². The number of imidazole rings is 1. The van der Waals surface area contributed by atoms with Crippen molar-refractivity contribution in [1.82, 2.24) is 9.97 Å². The number of halogens is 2. The average Bonchev–Trinajstić information content (AvgIpc) is 2.71. The molecule has 1 N–H and O–H groups in total. The number of H-pyrrole nitrogens is 1. The SMILES string of the molecule is CCOC(=O)c1nc(-c2c(Cl)cccc2Cl)[nH]c1C. The standard InChI is InChI=1S/C13H12Cl2N2O2/c1-3-19-13(18)11-7(2)16-12(17-11)10-8(14)5-4-6-9(10)15/h4-6H,3H2,1-2H3,(H,16,17). The van der Waals surface area contributed by atoms with Crippen LogP contribution in [0.2, 0.25) is 10.0 Å². The van der Waals surface area contributed by atoms with Crippen LogP contribution in [0.3, 0.4) is 0 Å². The minimum absolute atomic E-state index is 0.243. The summed E-state index contributed by atoms with van der Waals surface area (Å²) in [5.74, 6) is -0.0122. The topological polar surface area (TPSA) is 55.0 Å². The third-order valence-corrected chi connectivity index (χ3v) is 3.18. The summed E-state index contributed by atoms with van der Waals surface area (Å²) in [5.41, 5.74) is 1.43. The van der Waals surface area contributed by atoms with Gasteiger partial charge in [-0.05, 0) is 26.0 Å². The third-order valence-electron chi connectivity index (χ3n) is 2.55. The van der Waals surface area contributed by atoms with Crippen LogP contribution in [0.4, 0.5) is 0 Å². The molecule has 0 aliphatic rings. The van der Waals surface area contributed by atoms with Crippen molar-refractivity contribution >= 4 is 29.2 Å². The molecule has 100 valence electrons. The van der Waals surface area contributed by atoms with Crippen LogP contribution in [0.1, 0.15) is 23.1 Å². The molecule has 2 rings (SSSR count). The van der Waals surface area contributed by atoms with Crippen LogP contribution >= 0.6 is 23.2 Å². The predicted molar refractivity (Wildman–Crippen MR) is 74.7 cm³/mol. The molecule has 0 fully saturated rings. The van der Waals surface area contributed by atoms with Crippen molar-refractivity contribution in [3.8, 4) is 11.4 Å². The van der Waals surface area contributed by atoms with Crippen LogP contribution in [0, 0.1) is 6.92 Å². The molecule has 0 aliphatic heterocycles. The fourth-order valence-electron chi connectivity index (χ4n) is 1.70. The average molecular weight is 299 g/mol. The molecule has 0 bridgehead atoms. The number of benzene rings is 1. The van der Waals surface area contributed by atoms with Gasteiger partial charge in [-0.3, -0.25) is 0 Å². The van der Waals surface area contributed by atoms with E-state index in [2.05, 4.69) is 9.97 Å². The Morgan fingerprint density at radius 1 is 1.37 bits per heavy atom. The Hall–Kier alpha value is -1.52. The fraction of sp³-hybridized carbons (Fsp3) is 0.231. The van der Waals surface area contributed by atoms with Crippen molar-refractivity contribution in [3.05, 3.63) is 39.6 Å². The number of aromatic nitrogens is 2. The number of nitrogens with one attached hydrogen (secondary N) is 1. The highest BCUT2D eigenvalue weighted by Gasteiger charge is 2.19. The smallest absolute Gasteiger partial charge is 0.358 e. The van der Waals surface area contributed by atoms with Crippen molar-refractivity contribution in [2.75, 3.05) is 6.61 Å². The van der Waals surface area contributed by atoms with E-state index in [4.69, 9.17) is 27.9 Å². The van der Waals surface area contributed by atoms with E-state index >= 15 is 0 Å². The molecule has 0 amide bonds. The highest BCUT2D eigenvalue weighted by Crippen LogP contribution is 2.33. The van der Waals surface area contributed by atoms with Crippen LogP contribution in [0.15, 0.2) is 18.2 Å². The first-order valence-corrected chi connectivity index (χ1v) is 6.48. The van der Waals surface area contributed by atoms with Gasteiger partial charge < -0.3 is 9.72 Å². The summed E-state index contributed by atoms with van der Waals surface area (Å²) in [4.78, 5) is 18.9. The lowest BCUT2D eigenvalue weighted by molar-refractivity contribution is 0.0519. The number of esters is 1. The molecule has 1 aromatic carbocycles. The summed E-state index contributed by atoms with van der Waals surface area (Å²) in [6, 6.07) is 5.17. The third kappa shape index (κ3) is 2.74. The second-order valence-electron chi connectivity index (χ2n) is 3.88. The van der Waals surface area contributed by atoms with Gasteiger partial charge in [-0.2, -0.15) is 0 Å².